The largest absolute Gasteiger partial charge is 0.480 e. The average molecular weight is 238 g/mol. The second-order valence-electron chi connectivity index (χ2n) is 3.54. The van der Waals surface area contributed by atoms with Gasteiger partial charge in [0.25, 0.3) is 0 Å². The van der Waals surface area contributed by atoms with E-state index in [9.17, 15) is 13.2 Å². The lowest BCUT2D eigenvalue weighted by Crippen LogP contribution is -2.49. The van der Waals surface area contributed by atoms with E-state index in [0.717, 1.165) is 0 Å². The summed E-state index contributed by atoms with van der Waals surface area (Å²) < 4.78 is 24.5. The molecule has 0 aromatic heterocycles. The summed E-state index contributed by atoms with van der Waals surface area (Å²) in [7, 11) is -3.76. The van der Waals surface area contributed by atoms with Gasteiger partial charge in [0.1, 0.15) is 0 Å². The van der Waals surface area contributed by atoms with E-state index in [0.29, 0.717) is 12.8 Å². The van der Waals surface area contributed by atoms with E-state index in [1.54, 1.807) is 0 Å². The number of nitrogens with one attached hydrogen (secondary N) is 1. The molecule has 0 spiro atoms. The highest BCUT2D eigenvalue weighted by Gasteiger charge is 2.24. The van der Waals surface area contributed by atoms with Gasteiger partial charge in [-0.3, -0.25) is 4.79 Å². The second kappa shape index (κ2) is 5.43. The highest BCUT2D eigenvalue weighted by molar-refractivity contribution is 7.90. The molecule has 15 heavy (non-hydrogen) atoms. The van der Waals surface area contributed by atoms with Gasteiger partial charge in [-0.05, 0) is 12.8 Å². The maximum Gasteiger partial charge on any atom is 0.320 e. The lowest BCUT2D eigenvalue weighted by atomic mass is 9.95. The third-order valence-electron chi connectivity index (χ3n) is 2.37. The van der Waals surface area contributed by atoms with Crippen LogP contribution >= 0.6 is 0 Å². The molecular formula is C8H18N2O4S. The predicted octanol–water partition coefficient (Wildman–Crippen LogP) is -0.492. The van der Waals surface area contributed by atoms with Gasteiger partial charge < -0.3 is 10.8 Å². The molecule has 4 N–H and O–H groups in total. The fourth-order valence-electron chi connectivity index (χ4n) is 0.967. The van der Waals surface area contributed by atoms with Crippen molar-refractivity contribution < 1.29 is 18.3 Å². The summed E-state index contributed by atoms with van der Waals surface area (Å²) in [5.41, 5.74) is 5.25. The van der Waals surface area contributed by atoms with Crippen LogP contribution in [0.1, 0.15) is 26.7 Å². The van der Waals surface area contributed by atoms with Crippen molar-refractivity contribution in [2.24, 2.45) is 5.73 Å². The van der Waals surface area contributed by atoms with Crippen molar-refractivity contribution in [1.82, 2.24) is 4.72 Å². The van der Waals surface area contributed by atoms with Crippen LogP contribution in [0, 0.1) is 0 Å². The molecule has 0 aliphatic carbocycles. The molecule has 0 saturated carbocycles. The zero-order valence-electron chi connectivity index (χ0n) is 8.99. The fourth-order valence-corrected chi connectivity index (χ4v) is 1.90. The highest BCUT2D eigenvalue weighted by atomic mass is 32.2. The van der Waals surface area contributed by atoms with Crippen molar-refractivity contribution in [2.45, 2.75) is 32.2 Å². The number of hydrogen-bond donors (Lipinski definition) is 3. The van der Waals surface area contributed by atoms with Gasteiger partial charge in [0.05, 0.1) is 0 Å². The van der Waals surface area contributed by atoms with Crippen molar-refractivity contribution >= 4 is 16.0 Å². The molecule has 7 heteroatoms. The van der Waals surface area contributed by atoms with E-state index in [2.05, 4.69) is 4.72 Å². The number of hydrogen-bond acceptors (Lipinski definition) is 4. The van der Waals surface area contributed by atoms with E-state index in [1.165, 1.54) is 0 Å². The first-order valence-electron chi connectivity index (χ1n) is 4.72. The predicted molar refractivity (Wildman–Crippen MR) is 56.9 cm³/mol. The van der Waals surface area contributed by atoms with Crippen LogP contribution in [-0.4, -0.2) is 37.3 Å². The Bertz CT molecular complexity index is 309. The van der Waals surface area contributed by atoms with E-state index >= 15 is 0 Å². The highest BCUT2D eigenvalue weighted by Crippen LogP contribution is 2.09. The molecule has 0 fully saturated rings. The van der Waals surface area contributed by atoms with E-state index < -0.39 is 27.3 Å². The standard InChI is InChI=1S/C8H18N2O4S/c1-3-8(9,4-2)6-10-15(13,14)5-7(11)12/h10H,3-6,9H2,1-2H3,(H,11,12). The Labute approximate surface area is 89.9 Å². The first-order chi connectivity index (χ1) is 6.74. The van der Waals surface area contributed by atoms with Gasteiger partial charge in [0, 0.05) is 12.1 Å². The molecule has 0 aromatic rings. The van der Waals surface area contributed by atoms with Crippen molar-refractivity contribution in [3.05, 3.63) is 0 Å². The monoisotopic (exact) mass is 238 g/mol. The molecule has 0 atom stereocenters. The Hall–Kier alpha value is -0.660. The third kappa shape index (κ3) is 5.71. The Morgan fingerprint density at radius 3 is 2.20 bits per heavy atom. The van der Waals surface area contributed by atoms with E-state index in [1.807, 2.05) is 13.8 Å². The number of carbonyl (C=O) groups is 1. The number of nitrogens with two attached hydrogens (primary N) is 1. The van der Waals surface area contributed by atoms with Crippen molar-refractivity contribution in [3.8, 4) is 0 Å². The van der Waals surface area contributed by atoms with Gasteiger partial charge in [-0.1, -0.05) is 13.8 Å². The number of carboxylic acid groups (broad SMARTS) is 1. The molecule has 0 radical (unpaired) electrons. The molecule has 0 rings (SSSR count). The minimum atomic E-state index is -3.76. The molecule has 0 aromatic carbocycles. The summed E-state index contributed by atoms with van der Waals surface area (Å²) in [6.45, 7) is 3.78. The van der Waals surface area contributed by atoms with Gasteiger partial charge in [-0.15, -0.1) is 0 Å². The lowest BCUT2D eigenvalue weighted by Gasteiger charge is -2.26. The molecule has 0 aliphatic heterocycles. The van der Waals surface area contributed by atoms with Gasteiger partial charge in [0.2, 0.25) is 10.0 Å². The van der Waals surface area contributed by atoms with Crippen LogP contribution in [0.4, 0.5) is 0 Å². The summed E-state index contributed by atoms with van der Waals surface area (Å²) in [5, 5.41) is 8.34. The zero-order valence-corrected chi connectivity index (χ0v) is 9.80. The van der Waals surface area contributed by atoms with Crippen LogP contribution in [0.2, 0.25) is 0 Å². The third-order valence-corrected chi connectivity index (χ3v) is 3.58. The molecule has 0 heterocycles. The molecule has 6 nitrogen and oxygen atoms in total. The van der Waals surface area contributed by atoms with E-state index in [4.69, 9.17) is 10.8 Å². The van der Waals surface area contributed by atoms with Crippen LogP contribution in [0.5, 0.6) is 0 Å². The smallest absolute Gasteiger partial charge is 0.320 e. The molecule has 0 unspecified atom stereocenters. The van der Waals surface area contributed by atoms with Crippen molar-refractivity contribution in [2.75, 3.05) is 12.3 Å². The van der Waals surface area contributed by atoms with E-state index in [-0.39, 0.29) is 6.54 Å². The maximum atomic E-state index is 11.2. The summed E-state index contributed by atoms with van der Waals surface area (Å²) in [6, 6.07) is 0. The number of rotatable bonds is 7. The molecular weight excluding hydrogens is 220 g/mol. The molecule has 0 aliphatic rings. The van der Waals surface area contributed by atoms with Crippen molar-refractivity contribution in [3.63, 3.8) is 0 Å². The normalized spacial score (nSPS) is 12.7. The van der Waals surface area contributed by atoms with Crippen LogP contribution < -0.4 is 10.5 Å². The Morgan fingerprint density at radius 2 is 1.87 bits per heavy atom. The first-order valence-corrected chi connectivity index (χ1v) is 6.38. The quantitative estimate of drug-likeness (QED) is 0.554. The van der Waals surface area contributed by atoms with Gasteiger partial charge in [-0.2, -0.15) is 0 Å². The molecule has 90 valence electrons. The first kappa shape index (κ1) is 14.3. The minimum Gasteiger partial charge on any atom is -0.480 e. The molecule has 0 saturated heterocycles. The van der Waals surface area contributed by atoms with Crippen LogP contribution in [0.25, 0.3) is 0 Å². The molecule has 0 bridgehead atoms. The van der Waals surface area contributed by atoms with Crippen LogP contribution in [0.15, 0.2) is 0 Å². The Morgan fingerprint density at radius 1 is 1.40 bits per heavy atom. The van der Waals surface area contributed by atoms with Crippen LogP contribution in [-0.2, 0) is 14.8 Å². The number of carboxylic acids is 1. The fraction of sp³-hybridized carbons (Fsp3) is 0.875. The summed E-state index contributed by atoms with van der Waals surface area (Å²) in [6.07, 6.45) is 1.25. The Kier molecular flexibility index (Phi) is 5.19. The van der Waals surface area contributed by atoms with Crippen molar-refractivity contribution in [1.29, 1.82) is 0 Å². The summed E-state index contributed by atoms with van der Waals surface area (Å²) in [5.74, 6) is -2.30. The summed E-state index contributed by atoms with van der Waals surface area (Å²) >= 11 is 0. The topological polar surface area (TPSA) is 109 Å². The number of aliphatic carboxylic acids is 1. The Balaban J connectivity index is 4.32. The SMILES string of the molecule is CCC(N)(CC)CNS(=O)(=O)CC(=O)O. The average Bonchev–Trinajstić information content (AvgIpc) is 2.12. The van der Waals surface area contributed by atoms with Gasteiger partial charge >= 0.3 is 5.97 Å². The minimum absolute atomic E-state index is 0.0651. The second-order valence-corrected chi connectivity index (χ2v) is 5.35. The van der Waals surface area contributed by atoms with Gasteiger partial charge in [-0.25, -0.2) is 13.1 Å². The number of sulfonamides is 1. The summed E-state index contributed by atoms with van der Waals surface area (Å²) in [4.78, 5) is 10.2. The maximum absolute atomic E-state index is 11.2. The van der Waals surface area contributed by atoms with Gasteiger partial charge in [0.15, 0.2) is 5.75 Å². The zero-order chi connectivity index (χ0) is 12.1. The molecule has 0 amide bonds. The lowest BCUT2D eigenvalue weighted by molar-refractivity contribution is -0.134. The van der Waals surface area contributed by atoms with Crippen LogP contribution in [0.3, 0.4) is 0 Å².